The van der Waals surface area contributed by atoms with Gasteiger partial charge in [0.25, 0.3) is 0 Å². The Labute approximate surface area is 140 Å². The van der Waals surface area contributed by atoms with Gasteiger partial charge < -0.3 is 15.7 Å². The zero-order chi connectivity index (χ0) is 17.0. The molecule has 3 N–H and O–H groups in total. The molecular formula is C19H21FN2O2. The van der Waals surface area contributed by atoms with Crippen LogP contribution in [-0.2, 0) is 12.1 Å². The van der Waals surface area contributed by atoms with E-state index >= 15 is 0 Å². The van der Waals surface area contributed by atoms with Gasteiger partial charge in [-0.1, -0.05) is 42.5 Å². The second-order valence-corrected chi connectivity index (χ2v) is 6.23. The van der Waals surface area contributed by atoms with Crippen molar-refractivity contribution in [2.75, 3.05) is 6.54 Å². The minimum Gasteiger partial charge on any atom is -0.383 e. The summed E-state index contributed by atoms with van der Waals surface area (Å²) < 4.78 is 12.9. The number of urea groups is 1. The van der Waals surface area contributed by atoms with Gasteiger partial charge >= 0.3 is 6.03 Å². The molecule has 0 heterocycles. The number of rotatable bonds is 6. The molecule has 0 aromatic heterocycles. The van der Waals surface area contributed by atoms with E-state index in [1.54, 1.807) is 12.1 Å². The predicted molar refractivity (Wildman–Crippen MR) is 89.7 cm³/mol. The SMILES string of the molecule is O=C(NCc1ccc(F)cc1)NCC(O)(c1ccccc1)C1CC1. The zero-order valence-electron chi connectivity index (χ0n) is 13.3. The molecule has 0 bridgehead atoms. The van der Waals surface area contributed by atoms with Crippen LogP contribution in [0.25, 0.3) is 0 Å². The van der Waals surface area contributed by atoms with Crippen LogP contribution in [0.1, 0.15) is 24.0 Å². The molecule has 0 aliphatic heterocycles. The molecule has 0 saturated heterocycles. The van der Waals surface area contributed by atoms with Crippen molar-refractivity contribution in [1.82, 2.24) is 10.6 Å². The molecule has 2 aromatic rings. The number of hydrogen-bond donors (Lipinski definition) is 3. The van der Waals surface area contributed by atoms with E-state index in [-0.39, 0.29) is 24.3 Å². The molecule has 1 aliphatic rings. The minimum absolute atomic E-state index is 0.164. The van der Waals surface area contributed by atoms with E-state index in [1.807, 2.05) is 30.3 Å². The van der Waals surface area contributed by atoms with E-state index in [9.17, 15) is 14.3 Å². The molecule has 1 atom stereocenters. The largest absolute Gasteiger partial charge is 0.383 e. The Hall–Kier alpha value is -2.40. The van der Waals surface area contributed by atoms with Crippen molar-refractivity contribution in [3.63, 3.8) is 0 Å². The molecule has 24 heavy (non-hydrogen) atoms. The molecular weight excluding hydrogens is 307 g/mol. The van der Waals surface area contributed by atoms with Gasteiger partial charge in [-0.25, -0.2) is 9.18 Å². The third-order valence-electron chi connectivity index (χ3n) is 4.41. The summed E-state index contributed by atoms with van der Waals surface area (Å²) in [5.74, 6) is -0.127. The van der Waals surface area contributed by atoms with E-state index in [2.05, 4.69) is 10.6 Å². The first-order valence-electron chi connectivity index (χ1n) is 8.12. The van der Waals surface area contributed by atoms with Crippen LogP contribution >= 0.6 is 0 Å². The minimum atomic E-state index is -1.03. The van der Waals surface area contributed by atoms with Gasteiger partial charge in [0.05, 0.1) is 6.54 Å². The zero-order valence-corrected chi connectivity index (χ0v) is 13.3. The van der Waals surface area contributed by atoms with Gasteiger partial charge in [0, 0.05) is 6.54 Å². The molecule has 3 rings (SSSR count). The summed E-state index contributed by atoms with van der Waals surface area (Å²) in [5, 5.41) is 16.5. The first-order valence-corrected chi connectivity index (χ1v) is 8.12. The van der Waals surface area contributed by atoms with Crippen LogP contribution < -0.4 is 10.6 Å². The molecule has 0 spiro atoms. The Morgan fingerprint density at radius 2 is 1.75 bits per heavy atom. The number of aliphatic hydroxyl groups is 1. The van der Waals surface area contributed by atoms with Gasteiger partial charge in [0.2, 0.25) is 0 Å². The maximum absolute atomic E-state index is 12.9. The second-order valence-electron chi connectivity index (χ2n) is 6.23. The van der Waals surface area contributed by atoms with Gasteiger partial charge in [0.15, 0.2) is 0 Å². The van der Waals surface area contributed by atoms with E-state index in [4.69, 9.17) is 0 Å². The highest BCUT2D eigenvalue weighted by Gasteiger charge is 2.45. The van der Waals surface area contributed by atoms with Crippen molar-refractivity contribution in [3.8, 4) is 0 Å². The topological polar surface area (TPSA) is 61.4 Å². The van der Waals surface area contributed by atoms with Gasteiger partial charge in [-0.05, 0) is 42.0 Å². The van der Waals surface area contributed by atoms with E-state index in [1.165, 1.54) is 12.1 Å². The molecule has 0 radical (unpaired) electrons. The summed E-state index contributed by atoms with van der Waals surface area (Å²) in [4.78, 5) is 12.0. The van der Waals surface area contributed by atoms with E-state index in [0.717, 1.165) is 24.0 Å². The Balaban J connectivity index is 1.55. The van der Waals surface area contributed by atoms with Crippen molar-refractivity contribution in [2.24, 2.45) is 5.92 Å². The lowest BCUT2D eigenvalue weighted by molar-refractivity contribution is 0.0159. The Morgan fingerprint density at radius 3 is 2.38 bits per heavy atom. The lowest BCUT2D eigenvalue weighted by Crippen LogP contribution is -2.45. The number of carbonyl (C=O) groups is 1. The molecule has 4 nitrogen and oxygen atoms in total. The summed E-state index contributed by atoms with van der Waals surface area (Å²) in [6.07, 6.45) is 1.93. The molecule has 1 aliphatic carbocycles. The average molecular weight is 328 g/mol. The fourth-order valence-electron chi connectivity index (χ4n) is 2.83. The summed E-state index contributed by atoms with van der Waals surface area (Å²) >= 11 is 0. The normalized spacial score (nSPS) is 16.2. The molecule has 2 aromatic carbocycles. The van der Waals surface area contributed by atoms with Crippen LogP contribution in [-0.4, -0.2) is 17.7 Å². The highest BCUT2D eigenvalue weighted by molar-refractivity contribution is 5.74. The van der Waals surface area contributed by atoms with Gasteiger partial charge in [-0.2, -0.15) is 0 Å². The molecule has 5 heteroatoms. The Kier molecular flexibility index (Phi) is 4.81. The number of nitrogens with one attached hydrogen (secondary N) is 2. The van der Waals surface area contributed by atoms with Crippen LogP contribution in [0, 0.1) is 11.7 Å². The summed E-state index contributed by atoms with van der Waals surface area (Å²) in [5.41, 5.74) is 0.604. The van der Waals surface area contributed by atoms with Gasteiger partial charge in [-0.15, -0.1) is 0 Å². The fraction of sp³-hybridized carbons (Fsp3) is 0.316. The molecule has 126 valence electrons. The molecule has 1 unspecified atom stereocenters. The number of amides is 2. The summed E-state index contributed by atoms with van der Waals surface area (Å²) in [6, 6.07) is 15.1. The lowest BCUT2D eigenvalue weighted by atomic mass is 9.89. The van der Waals surface area contributed by atoms with Crippen LogP contribution in [0.15, 0.2) is 54.6 Å². The van der Waals surface area contributed by atoms with Crippen LogP contribution in [0.3, 0.4) is 0 Å². The second kappa shape index (κ2) is 7.01. The number of hydrogen-bond acceptors (Lipinski definition) is 2. The van der Waals surface area contributed by atoms with Crippen molar-refractivity contribution in [1.29, 1.82) is 0 Å². The van der Waals surface area contributed by atoms with Crippen molar-refractivity contribution >= 4 is 6.03 Å². The van der Waals surface area contributed by atoms with Crippen molar-refractivity contribution < 1.29 is 14.3 Å². The Morgan fingerprint density at radius 1 is 1.08 bits per heavy atom. The first-order chi connectivity index (χ1) is 11.6. The number of halogens is 1. The third-order valence-corrected chi connectivity index (χ3v) is 4.41. The fourth-order valence-corrected chi connectivity index (χ4v) is 2.83. The van der Waals surface area contributed by atoms with Crippen LogP contribution in [0.4, 0.5) is 9.18 Å². The number of benzene rings is 2. The average Bonchev–Trinajstić information content (AvgIpc) is 3.45. The van der Waals surface area contributed by atoms with Crippen LogP contribution in [0.5, 0.6) is 0 Å². The lowest BCUT2D eigenvalue weighted by Gasteiger charge is -2.29. The highest BCUT2D eigenvalue weighted by Crippen LogP contribution is 2.45. The standard InChI is InChI=1S/C19H21FN2O2/c20-17-10-6-14(7-11-17)12-21-18(23)22-13-19(24,16-8-9-16)15-4-2-1-3-5-15/h1-7,10-11,16,24H,8-9,12-13H2,(H2,21,22,23). The first kappa shape index (κ1) is 16.5. The maximum atomic E-state index is 12.9. The van der Waals surface area contributed by atoms with Gasteiger partial charge in [-0.3, -0.25) is 0 Å². The van der Waals surface area contributed by atoms with Crippen molar-refractivity contribution in [3.05, 3.63) is 71.5 Å². The van der Waals surface area contributed by atoms with Gasteiger partial charge in [0.1, 0.15) is 11.4 Å². The molecule has 1 fully saturated rings. The quantitative estimate of drug-likeness (QED) is 0.763. The molecule has 1 saturated carbocycles. The highest BCUT2D eigenvalue weighted by atomic mass is 19.1. The molecule has 2 amide bonds. The van der Waals surface area contributed by atoms with Crippen molar-refractivity contribution in [2.45, 2.75) is 25.0 Å². The van der Waals surface area contributed by atoms with E-state index in [0.29, 0.717) is 6.54 Å². The predicted octanol–water partition coefficient (Wildman–Crippen LogP) is 2.92. The summed E-state index contributed by atoms with van der Waals surface area (Å²) in [7, 11) is 0. The summed E-state index contributed by atoms with van der Waals surface area (Å²) in [6.45, 7) is 0.468. The maximum Gasteiger partial charge on any atom is 0.315 e. The number of carbonyl (C=O) groups excluding carboxylic acids is 1. The Bertz CT molecular complexity index is 686. The third kappa shape index (κ3) is 3.92. The van der Waals surface area contributed by atoms with Crippen LogP contribution in [0.2, 0.25) is 0 Å². The smallest absolute Gasteiger partial charge is 0.315 e. The van der Waals surface area contributed by atoms with E-state index < -0.39 is 5.60 Å². The monoisotopic (exact) mass is 328 g/mol.